The van der Waals surface area contributed by atoms with Crippen LogP contribution in [0.15, 0.2) is 35.7 Å². The van der Waals surface area contributed by atoms with E-state index in [1.807, 2.05) is 24.4 Å². The van der Waals surface area contributed by atoms with E-state index in [1.54, 1.807) is 22.9 Å². The fourth-order valence-electron chi connectivity index (χ4n) is 2.49. The van der Waals surface area contributed by atoms with Crippen LogP contribution in [-0.4, -0.2) is 27.8 Å². The Morgan fingerprint density at radius 2 is 2.21 bits per heavy atom. The van der Waals surface area contributed by atoms with Crippen molar-refractivity contribution in [1.29, 1.82) is 5.26 Å². The first kappa shape index (κ1) is 15.8. The van der Waals surface area contributed by atoms with E-state index in [-0.39, 0.29) is 17.0 Å². The maximum atomic E-state index is 12.1. The van der Waals surface area contributed by atoms with Gasteiger partial charge in [-0.1, -0.05) is 6.07 Å². The minimum atomic E-state index is -0.417. The Bertz CT molecular complexity index is 952. The third-order valence-corrected chi connectivity index (χ3v) is 4.48. The van der Waals surface area contributed by atoms with Crippen LogP contribution < -0.4 is 5.32 Å². The van der Waals surface area contributed by atoms with Gasteiger partial charge in [-0.3, -0.25) is 4.79 Å². The van der Waals surface area contributed by atoms with Gasteiger partial charge in [0.05, 0.1) is 10.6 Å². The first-order valence-electron chi connectivity index (χ1n) is 7.16. The highest BCUT2D eigenvalue weighted by Gasteiger charge is 2.25. The molecule has 7 heteroatoms. The summed E-state index contributed by atoms with van der Waals surface area (Å²) in [6.45, 7) is 1.83. The molecule has 2 heterocycles. The van der Waals surface area contributed by atoms with Crippen molar-refractivity contribution in [1.82, 2.24) is 15.1 Å². The molecule has 0 saturated carbocycles. The quantitative estimate of drug-likeness (QED) is 0.768. The minimum absolute atomic E-state index is 0.0795. The van der Waals surface area contributed by atoms with Gasteiger partial charge in [-0.15, -0.1) is 11.3 Å². The maximum Gasteiger partial charge on any atom is 0.272 e. The molecule has 0 spiro atoms. The number of aryl methyl sites for hydroxylation is 1. The van der Waals surface area contributed by atoms with Crippen LogP contribution in [0, 0.1) is 18.3 Å². The minimum Gasteiger partial charge on any atom is -0.508 e. The van der Waals surface area contributed by atoms with Gasteiger partial charge in [-0.25, -0.2) is 4.68 Å². The topological polar surface area (TPSA) is 90.9 Å². The summed E-state index contributed by atoms with van der Waals surface area (Å²) in [5, 5.41) is 28.0. The average molecular weight is 338 g/mol. The third-order valence-electron chi connectivity index (χ3n) is 3.60. The number of hydrogen-bond acceptors (Lipinski definition) is 5. The van der Waals surface area contributed by atoms with Gasteiger partial charge in [0.2, 0.25) is 0 Å². The molecule has 6 nitrogen and oxygen atoms in total. The summed E-state index contributed by atoms with van der Waals surface area (Å²) < 4.78 is 1.59. The normalized spacial score (nSPS) is 10.4. The highest BCUT2D eigenvalue weighted by Crippen LogP contribution is 2.33. The number of carbonyl (C=O) groups excluding carboxylic acids is 1. The van der Waals surface area contributed by atoms with Crippen molar-refractivity contribution in [2.24, 2.45) is 0 Å². The summed E-state index contributed by atoms with van der Waals surface area (Å²) in [6.07, 6.45) is 0. The van der Waals surface area contributed by atoms with E-state index in [9.17, 15) is 15.2 Å². The standard InChI is InChI=1S/C17H14N4O2S/c1-10-8-11(22)5-6-13(10)21-16(14-4-3-7-24-14)12(9-18)15(20-21)17(23)19-2/h3-8,22H,1-2H3,(H,19,23). The van der Waals surface area contributed by atoms with Crippen LogP contribution in [0.1, 0.15) is 21.6 Å². The molecule has 2 aromatic heterocycles. The van der Waals surface area contributed by atoms with Crippen LogP contribution in [0.4, 0.5) is 0 Å². The van der Waals surface area contributed by atoms with Gasteiger partial charge in [0, 0.05) is 7.05 Å². The van der Waals surface area contributed by atoms with Crippen LogP contribution >= 0.6 is 11.3 Å². The first-order chi connectivity index (χ1) is 11.6. The number of benzene rings is 1. The number of rotatable bonds is 3. The third kappa shape index (κ3) is 2.53. The van der Waals surface area contributed by atoms with Crippen molar-refractivity contribution < 1.29 is 9.90 Å². The van der Waals surface area contributed by atoms with E-state index in [1.165, 1.54) is 18.4 Å². The smallest absolute Gasteiger partial charge is 0.272 e. The molecule has 0 aliphatic rings. The van der Waals surface area contributed by atoms with E-state index in [0.29, 0.717) is 11.4 Å². The number of thiophene rings is 1. The van der Waals surface area contributed by atoms with E-state index < -0.39 is 5.91 Å². The molecule has 2 N–H and O–H groups in total. The van der Waals surface area contributed by atoms with Gasteiger partial charge in [0.25, 0.3) is 5.91 Å². The maximum absolute atomic E-state index is 12.1. The molecule has 0 atom stereocenters. The molecule has 0 aliphatic carbocycles. The van der Waals surface area contributed by atoms with Crippen LogP contribution in [0.5, 0.6) is 5.75 Å². The number of aromatic hydroxyl groups is 1. The predicted octanol–water partition coefficient (Wildman–Crippen LogP) is 2.85. The summed E-state index contributed by atoms with van der Waals surface area (Å²) in [5.74, 6) is -0.271. The molecule has 0 unspecified atom stereocenters. The summed E-state index contributed by atoms with van der Waals surface area (Å²) in [7, 11) is 1.50. The van der Waals surface area contributed by atoms with Crippen molar-refractivity contribution in [3.63, 3.8) is 0 Å². The molecule has 1 aromatic carbocycles. The van der Waals surface area contributed by atoms with Crippen LogP contribution in [0.25, 0.3) is 16.3 Å². The Morgan fingerprint density at radius 1 is 1.42 bits per heavy atom. The summed E-state index contributed by atoms with van der Waals surface area (Å²) >= 11 is 1.46. The van der Waals surface area contributed by atoms with Gasteiger partial charge in [-0.05, 0) is 42.1 Å². The second kappa shape index (κ2) is 6.18. The van der Waals surface area contributed by atoms with E-state index >= 15 is 0 Å². The van der Waals surface area contributed by atoms with Crippen molar-refractivity contribution in [3.8, 4) is 28.1 Å². The Kier molecular flexibility index (Phi) is 4.06. The number of nitriles is 1. The second-order valence-corrected chi connectivity index (χ2v) is 6.07. The molecule has 0 saturated heterocycles. The zero-order chi connectivity index (χ0) is 17.3. The van der Waals surface area contributed by atoms with E-state index in [4.69, 9.17) is 0 Å². The van der Waals surface area contributed by atoms with Crippen molar-refractivity contribution in [2.45, 2.75) is 6.92 Å². The van der Waals surface area contributed by atoms with Crippen LogP contribution in [0.3, 0.4) is 0 Å². The Labute approximate surface area is 142 Å². The summed E-state index contributed by atoms with van der Waals surface area (Å²) in [5.41, 5.74) is 2.35. The lowest BCUT2D eigenvalue weighted by Crippen LogP contribution is -2.19. The molecule has 0 radical (unpaired) electrons. The fourth-order valence-corrected chi connectivity index (χ4v) is 3.25. The molecular weight excluding hydrogens is 324 g/mol. The average Bonchev–Trinajstić information content (AvgIpc) is 3.20. The zero-order valence-electron chi connectivity index (χ0n) is 13.1. The largest absolute Gasteiger partial charge is 0.508 e. The number of phenols is 1. The molecule has 0 aliphatic heterocycles. The number of nitrogens with one attached hydrogen (secondary N) is 1. The van der Waals surface area contributed by atoms with Crippen LogP contribution in [-0.2, 0) is 0 Å². The predicted molar refractivity (Wildman–Crippen MR) is 91.4 cm³/mol. The number of amides is 1. The molecule has 120 valence electrons. The molecule has 0 bridgehead atoms. The summed E-state index contributed by atoms with van der Waals surface area (Å²) in [6, 6.07) is 10.7. The molecule has 3 aromatic rings. The number of nitrogens with zero attached hydrogens (tertiary/aromatic N) is 3. The van der Waals surface area contributed by atoms with E-state index in [0.717, 1.165) is 10.4 Å². The Hall–Kier alpha value is -3.11. The lowest BCUT2D eigenvalue weighted by atomic mass is 10.1. The Balaban J connectivity index is 2.35. The van der Waals surface area contributed by atoms with Gasteiger partial charge in [-0.2, -0.15) is 10.4 Å². The fraction of sp³-hybridized carbons (Fsp3) is 0.118. The second-order valence-electron chi connectivity index (χ2n) is 5.12. The molecular formula is C17H14N4O2S. The van der Waals surface area contributed by atoms with Crippen LogP contribution in [0.2, 0.25) is 0 Å². The van der Waals surface area contributed by atoms with Crippen molar-refractivity contribution >= 4 is 17.2 Å². The number of hydrogen-bond donors (Lipinski definition) is 2. The Morgan fingerprint density at radius 3 is 2.79 bits per heavy atom. The van der Waals surface area contributed by atoms with Gasteiger partial charge in [0.15, 0.2) is 5.69 Å². The number of phenolic OH excluding ortho intramolecular Hbond substituents is 1. The highest BCUT2D eigenvalue weighted by molar-refractivity contribution is 7.13. The molecule has 3 rings (SSSR count). The number of aromatic nitrogens is 2. The summed E-state index contributed by atoms with van der Waals surface area (Å²) in [4.78, 5) is 13.0. The first-order valence-corrected chi connectivity index (χ1v) is 8.04. The molecule has 1 amide bonds. The lowest BCUT2D eigenvalue weighted by molar-refractivity contribution is 0.0957. The van der Waals surface area contributed by atoms with Gasteiger partial charge in [0.1, 0.15) is 23.1 Å². The monoisotopic (exact) mass is 338 g/mol. The molecule has 0 fully saturated rings. The lowest BCUT2D eigenvalue weighted by Gasteiger charge is -2.10. The molecule has 24 heavy (non-hydrogen) atoms. The van der Waals surface area contributed by atoms with Gasteiger partial charge < -0.3 is 10.4 Å². The van der Waals surface area contributed by atoms with Crippen molar-refractivity contribution in [3.05, 3.63) is 52.5 Å². The highest BCUT2D eigenvalue weighted by atomic mass is 32.1. The van der Waals surface area contributed by atoms with E-state index in [2.05, 4.69) is 16.5 Å². The van der Waals surface area contributed by atoms with Crippen molar-refractivity contribution in [2.75, 3.05) is 7.05 Å². The number of carbonyl (C=O) groups is 1. The SMILES string of the molecule is CNC(=O)c1nn(-c2ccc(O)cc2C)c(-c2cccs2)c1C#N. The van der Waals surface area contributed by atoms with Gasteiger partial charge >= 0.3 is 0 Å². The zero-order valence-corrected chi connectivity index (χ0v) is 13.9.